The third kappa shape index (κ3) is 3.33. The standard InChI is InChI=1S/C7H11BrN2S/c8-6-3-7(11-4-6)1-2-10-5-9/h3-4,10H,1-2,5,9H2. The summed E-state index contributed by atoms with van der Waals surface area (Å²) in [6.07, 6.45) is 1.06. The van der Waals surface area contributed by atoms with Crippen LogP contribution in [0, 0.1) is 0 Å². The largest absolute Gasteiger partial charge is 0.318 e. The molecule has 0 radical (unpaired) electrons. The molecule has 1 aromatic rings. The number of nitrogens with one attached hydrogen (secondary N) is 1. The lowest BCUT2D eigenvalue weighted by atomic mass is 10.3. The SMILES string of the molecule is NCNCCc1cc(Br)cs1. The van der Waals surface area contributed by atoms with Crippen molar-refractivity contribution in [3.8, 4) is 0 Å². The highest BCUT2D eigenvalue weighted by Crippen LogP contribution is 2.19. The smallest absolute Gasteiger partial charge is 0.0428 e. The zero-order chi connectivity index (χ0) is 8.10. The third-order valence-electron chi connectivity index (χ3n) is 1.31. The second-order valence-electron chi connectivity index (χ2n) is 2.19. The van der Waals surface area contributed by atoms with Crippen molar-refractivity contribution in [1.82, 2.24) is 5.32 Å². The number of nitrogens with two attached hydrogens (primary N) is 1. The zero-order valence-corrected chi connectivity index (χ0v) is 8.54. The lowest BCUT2D eigenvalue weighted by molar-refractivity contribution is 0.705. The van der Waals surface area contributed by atoms with E-state index in [2.05, 4.69) is 32.7 Å². The van der Waals surface area contributed by atoms with Crippen molar-refractivity contribution in [2.75, 3.05) is 13.2 Å². The lowest BCUT2D eigenvalue weighted by Crippen LogP contribution is -2.24. The molecule has 0 amide bonds. The summed E-state index contributed by atoms with van der Waals surface area (Å²) in [7, 11) is 0. The molecule has 3 N–H and O–H groups in total. The van der Waals surface area contributed by atoms with Gasteiger partial charge in [0.15, 0.2) is 0 Å². The van der Waals surface area contributed by atoms with Gasteiger partial charge in [-0.1, -0.05) is 0 Å². The first-order valence-electron chi connectivity index (χ1n) is 3.46. The minimum absolute atomic E-state index is 0.562. The van der Waals surface area contributed by atoms with E-state index in [9.17, 15) is 0 Å². The topological polar surface area (TPSA) is 38.0 Å². The summed E-state index contributed by atoms with van der Waals surface area (Å²) >= 11 is 5.18. The molecule has 0 unspecified atom stereocenters. The summed E-state index contributed by atoms with van der Waals surface area (Å²) in [6, 6.07) is 2.14. The molecule has 0 saturated carbocycles. The third-order valence-corrected chi connectivity index (χ3v) is 3.07. The molecule has 1 aromatic heterocycles. The van der Waals surface area contributed by atoms with Crippen LogP contribution in [-0.4, -0.2) is 13.2 Å². The summed E-state index contributed by atoms with van der Waals surface area (Å²) < 4.78 is 1.17. The molecule has 0 aliphatic rings. The van der Waals surface area contributed by atoms with Crippen LogP contribution < -0.4 is 11.1 Å². The first kappa shape index (κ1) is 9.19. The summed E-state index contributed by atoms with van der Waals surface area (Å²) in [5, 5.41) is 5.17. The Balaban J connectivity index is 2.27. The van der Waals surface area contributed by atoms with Crippen molar-refractivity contribution in [3.05, 3.63) is 20.8 Å². The summed E-state index contributed by atoms with van der Waals surface area (Å²) in [4.78, 5) is 1.39. The maximum Gasteiger partial charge on any atom is 0.0428 e. The van der Waals surface area contributed by atoms with Gasteiger partial charge in [0.2, 0.25) is 0 Å². The highest BCUT2D eigenvalue weighted by molar-refractivity contribution is 9.10. The van der Waals surface area contributed by atoms with Crippen LogP contribution in [0.3, 0.4) is 0 Å². The van der Waals surface area contributed by atoms with Gasteiger partial charge in [0.05, 0.1) is 0 Å². The van der Waals surface area contributed by atoms with Crippen molar-refractivity contribution in [2.24, 2.45) is 5.73 Å². The average Bonchev–Trinajstić information content (AvgIpc) is 2.37. The first-order valence-corrected chi connectivity index (χ1v) is 5.14. The molecule has 0 aliphatic heterocycles. The van der Waals surface area contributed by atoms with Crippen molar-refractivity contribution in [3.63, 3.8) is 0 Å². The van der Waals surface area contributed by atoms with Crippen LogP contribution in [0.5, 0.6) is 0 Å². The maximum absolute atomic E-state index is 5.28. The number of hydrogen-bond donors (Lipinski definition) is 2. The Morgan fingerprint density at radius 2 is 2.45 bits per heavy atom. The van der Waals surface area contributed by atoms with Crippen LogP contribution >= 0.6 is 27.3 Å². The zero-order valence-electron chi connectivity index (χ0n) is 6.14. The van der Waals surface area contributed by atoms with Gasteiger partial charge in [-0.05, 0) is 28.4 Å². The number of rotatable bonds is 4. The maximum atomic E-state index is 5.28. The predicted molar refractivity (Wildman–Crippen MR) is 52.8 cm³/mol. The van der Waals surface area contributed by atoms with Crippen molar-refractivity contribution < 1.29 is 0 Å². The molecule has 1 heterocycles. The average molecular weight is 235 g/mol. The van der Waals surface area contributed by atoms with Crippen LogP contribution in [0.4, 0.5) is 0 Å². The fourth-order valence-corrected chi connectivity index (χ4v) is 2.25. The molecule has 4 heteroatoms. The van der Waals surface area contributed by atoms with E-state index in [-0.39, 0.29) is 0 Å². The molecule has 62 valence electrons. The van der Waals surface area contributed by atoms with Crippen LogP contribution in [0.1, 0.15) is 4.88 Å². The van der Waals surface area contributed by atoms with E-state index in [0.717, 1.165) is 13.0 Å². The number of thiophene rings is 1. The number of hydrogen-bond acceptors (Lipinski definition) is 3. The lowest BCUT2D eigenvalue weighted by Gasteiger charge is -1.97. The van der Waals surface area contributed by atoms with Gasteiger partial charge in [-0.25, -0.2) is 0 Å². The summed E-state index contributed by atoms with van der Waals surface area (Å²) in [5.41, 5.74) is 5.28. The molecule has 0 aromatic carbocycles. The normalized spacial score (nSPS) is 10.4. The Kier molecular flexibility index (Phi) is 4.07. The summed E-state index contributed by atoms with van der Waals surface area (Å²) in [6.45, 7) is 1.52. The van der Waals surface area contributed by atoms with E-state index >= 15 is 0 Å². The highest BCUT2D eigenvalue weighted by Gasteiger charge is 1.95. The Hall–Kier alpha value is 0.1000. The summed E-state index contributed by atoms with van der Waals surface area (Å²) in [5.74, 6) is 0. The number of halogens is 1. The van der Waals surface area contributed by atoms with E-state index in [1.54, 1.807) is 11.3 Å². The van der Waals surface area contributed by atoms with Crippen molar-refractivity contribution >= 4 is 27.3 Å². The van der Waals surface area contributed by atoms with E-state index in [1.165, 1.54) is 9.35 Å². The Morgan fingerprint density at radius 3 is 3.00 bits per heavy atom. The molecule has 1 rings (SSSR count). The van der Waals surface area contributed by atoms with Gasteiger partial charge >= 0.3 is 0 Å². The predicted octanol–water partition coefficient (Wildman–Crippen LogP) is 1.56. The van der Waals surface area contributed by atoms with Crippen LogP contribution in [0.15, 0.2) is 15.9 Å². The molecule has 0 saturated heterocycles. The van der Waals surface area contributed by atoms with E-state index < -0.39 is 0 Å². The molecule has 0 fully saturated rings. The molecule has 2 nitrogen and oxygen atoms in total. The molecule has 11 heavy (non-hydrogen) atoms. The Labute approximate surface area is 78.9 Å². The van der Waals surface area contributed by atoms with Gasteiger partial charge in [-0.2, -0.15) is 0 Å². The molecular weight excluding hydrogens is 224 g/mol. The highest BCUT2D eigenvalue weighted by atomic mass is 79.9. The van der Waals surface area contributed by atoms with E-state index in [1.807, 2.05) is 0 Å². The second-order valence-corrected chi connectivity index (χ2v) is 4.10. The quantitative estimate of drug-likeness (QED) is 0.614. The second kappa shape index (κ2) is 4.87. The van der Waals surface area contributed by atoms with Gasteiger partial charge in [0, 0.05) is 27.9 Å². The molecule has 0 bridgehead atoms. The van der Waals surface area contributed by atoms with Crippen molar-refractivity contribution in [2.45, 2.75) is 6.42 Å². The van der Waals surface area contributed by atoms with Gasteiger partial charge in [0.1, 0.15) is 0 Å². The molecule has 0 spiro atoms. The molecular formula is C7H11BrN2S. The minimum atomic E-state index is 0.562. The minimum Gasteiger partial charge on any atom is -0.318 e. The Bertz CT molecular complexity index is 212. The first-order chi connectivity index (χ1) is 5.33. The molecule has 0 aliphatic carbocycles. The van der Waals surface area contributed by atoms with Crippen LogP contribution in [0.25, 0.3) is 0 Å². The monoisotopic (exact) mass is 234 g/mol. The fraction of sp³-hybridized carbons (Fsp3) is 0.429. The molecule has 0 atom stereocenters. The van der Waals surface area contributed by atoms with Gasteiger partial charge in [-0.3, -0.25) is 0 Å². The fourth-order valence-electron chi connectivity index (χ4n) is 0.799. The van der Waals surface area contributed by atoms with E-state index in [0.29, 0.717) is 6.67 Å². The Morgan fingerprint density at radius 1 is 1.64 bits per heavy atom. The van der Waals surface area contributed by atoms with Gasteiger partial charge < -0.3 is 11.1 Å². The van der Waals surface area contributed by atoms with Crippen LogP contribution in [-0.2, 0) is 6.42 Å². The van der Waals surface area contributed by atoms with Gasteiger partial charge in [0.25, 0.3) is 0 Å². The van der Waals surface area contributed by atoms with E-state index in [4.69, 9.17) is 5.73 Å². The van der Waals surface area contributed by atoms with Crippen molar-refractivity contribution in [1.29, 1.82) is 0 Å². The van der Waals surface area contributed by atoms with Gasteiger partial charge in [-0.15, -0.1) is 11.3 Å². The van der Waals surface area contributed by atoms with Crippen LogP contribution in [0.2, 0.25) is 0 Å².